The van der Waals surface area contributed by atoms with Gasteiger partial charge < -0.3 is 5.73 Å². The summed E-state index contributed by atoms with van der Waals surface area (Å²) in [6, 6.07) is 7.80. The van der Waals surface area contributed by atoms with Gasteiger partial charge >= 0.3 is 0 Å². The van der Waals surface area contributed by atoms with Gasteiger partial charge in [0.1, 0.15) is 0 Å². The van der Waals surface area contributed by atoms with Crippen LogP contribution < -0.4 is 5.73 Å². The Morgan fingerprint density at radius 1 is 1.25 bits per heavy atom. The van der Waals surface area contributed by atoms with Crippen molar-refractivity contribution in [3.05, 3.63) is 36.0 Å². The second-order valence-corrected chi connectivity index (χ2v) is 2.85. The van der Waals surface area contributed by atoms with Crippen molar-refractivity contribution in [3.8, 4) is 0 Å². The summed E-state index contributed by atoms with van der Waals surface area (Å²) in [5.74, 6) is 0. The van der Waals surface area contributed by atoms with Gasteiger partial charge in [-0.1, -0.05) is 6.07 Å². The van der Waals surface area contributed by atoms with Gasteiger partial charge in [0.15, 0.2) is 0 Å². The van der Waals surface area contributed by atoms with Crippen LogP contribution in [0.5, 0.6) is 0 Å². The van der Waals surface area contributed by atoms with Crippen LogP contribution in [0.2, 0.25) is 0 Å². The normalized spacial score (nSPS) is 10.4. The molecule has 2 N–H and O–H groups in total. The molecule has 0 amide bonds. The van der Waals surface area contributed by atoms with Crippen molar-refractivity contribution >= 4 is 16.6 Å². The summed E-state index contributed by atoms with van der Waals surface area (Å²) in [4.78, 5) is 4.23. The number of nitrogens with two attached hydrogens (primary N) is 1. The average Bonchev–Trinajstić information content (AvgIpc) is 2.12. The number of hydrogen-bond donors (Lipinski definition) is 1. The molecule has 0 spiro atoms. The fourth-order valence-electron chi connectivity index (χ4n) is 1.32. The summed E-state index contributed by atoms with van der Waals surface area (Å²) in [6.07, 6.45) is 1.79. The molecule has 0 bridgehead atoms. The number of pyridine rings is 1. The lowest BCUT2D eigenvalue weighted by molar-refractivity contribution is 1.39. The average molecular weight is 158 g/mol. The van der Waals surface area contributed by atoms with Crippen LogP contribution in [0.4, 0.5) is 5.69 Å². The Morgan fingerprint density at radius 2 is 2.08 bits per heavy atom. The number of aromatic nitrogens is 1. The van der Waals surface area contributed by atoms with E-state index >= 15 is 0 Å². The number of nitrogens with zero attached hydrogens (tertiary/aromatic N) is 1. The molecule has 60 valence electrons. The van der Waals surface area contributed by atoms with Gasteiger partial charge in [-0.15, -0.1) is 0 Å². The van der Waals surface area contributed by atoms with Crippen molar-refractivity contribution < 1.29 is 0 Å². The van der Waals surface area contributed by atoms with Gasteiger partial charge in [-0.05, 0) is 30.7 Å². The van der Waals surface area contributed by atoms with Crippen molar-refractivity contribution in [3.63, 3.8) is 0 Å². The highest BCUT2D eigenvalue weighted by Gasteiger charge is 1.99. The Kier molecular flexibility index (Phi) is 1.47. The Morgan fingerprint density at radius 3 is 2.92 bits per heavy atom. The van der Waals surface area contributed by atoms with E-state index in [-0.39, 0.29) is 0 Å². The summed E-state index contributed by atoms with van der Waals surface area (Å²) >= 11 is 0. The van der Waals surface area contributed by atoms with Gasteiger partial charge in [0, 0.05) is 17.3 Å². The molecule has 2 nitrogen and oxygen atoms in total. The van der Waals surface area contributed by atoms with Crippen LogP contribution in [-0.2, 0) is 0 Å². The monoisotopic (exact) mass is 158 g/mol. The molecule has 12 heavy (non-hydrogen) atoms. The van der Waals surface area contributed by atoms with Crippen LogP contribution in [0.1, 0.15) is 5.56 Å². The highest BCUT2D eigenvalue weighted by Crippen LogP contribution is 2.20. The molecule has 0 aliphatic carbocycles. The van der Waals surface area contributed by atoms with Crippen LogP contribution in [0.3, 0.4) is 0 Å². The first-order valence-electron chi connectivity index (χ1n) is 3.89. The number of aryl methyl sites for hydroxylation is 1. The number of nitrogen functional groups attached to an aromatic ring is 1. The van der Waals surface area contributed by atoms with E-state index in [9.17, 15) is 0 Å². The minimum atomic E-state index is 0.829. The Bertz CT molecular complexity index is 421. The van der Waals surface area contributed by atoms with E-state index in [1.165, 1.54) is 0 Å². The van der Waals surface area contributed by atoms with Crippen LogP contribution in [-0.4, -0.2) is 4.98 Å². The Balaban J connectivity index is 2.91. The minimum absolute atomic E-state index is 0.829. The largest absolute Gasteiger partial charge is 0.398 e. The van der Waals surface area contributed by atoms with E-state index in [0.717, 1.165) is 22.2 Å². The number of hydrogen-bond acceptors (Lipinski definition) is 2. The van der Waals surface area contributed by atoms with Crippen molar-refractivity contribution in [1.82, 2.24) is 4.98 Å². The Hall–Kier alpha value is -1.57. The van der Waals surface area contributed by atoms with Crippen molar-refractivity contribution in [2.45, 2.75) is 6.92 Å². The topological polar surface area (TPSA) is 38.9 Å². The van der Waals surface area contributed by atoms with Crippen molar-refractivity contribution in [2.24, 2.45) is 0 Å². The van der Waals surface area contributed by atoms with Gasteiger partial charge in [-0.3, -0.25) is 4.98 Å². The first kappa shape index (κ1) is 7.10. The summed E-state index contributed by atoms with van der Waals surface area (Å²) in [6.45, 7) is 2.01. The molecule has 0 aliphatic heterocycles. The number of benzene rings is 1. The van der Waals surface area contributed by atoms with Crippen LogP contribution in [0.15, 0.2) is 30.5 Å². The van der Waals surface area contributed by atoms with Crippen LogP contribution >= 0.6 is 0 Å². The predicted molar refractivity (Wildman–Crippen MR) is 50.9 cm³/mol. The molecule has 2 rings (SSSR count). The zero-order chi connectivity index (χ0) is 8.55. The van der Waals surface area contributed by atoms with E-state index in [1.54, 1.807) is 6.20 Å². The first-order chi connectivity index (χ1) is 5.79. The highest BCUT2D eigenvalue weighted by atomic mass is 14.7. The minimum Gasteiger partial charge on any atom is -0.398 e. The smallest absolute Gasteiger partial charge is 0.0706 e. The molecule has 0 unspecified atom stereocenters. The molecule has 0 radical (unpaired) electrons. The predicted octanol–water partition coefficient (Wildman–Crippen LogP) is 2.13. The van der Waals surface area contributed by atoms with Crippen LogP contribution in [0, 0.1) is 6.92 Å². The third kappa shape index (κ3) is 0.925. The van der Waals surface area contributed by atoms with Crippen LogP contribution in [0.25, 0.3) is 10.9 Å². The maximum Gasteiger partial charge on any atom is 0.0706 e. The molecule has 0 fully saturated rings. The lowest BCUT2D eigenvalue weighted by Gasteiger charge is -2.03. The molecule has 0 atom stereocenters. The molecule has 1 aromatic heterocycles. The molecule has 0 saturated heterocycles. The van der Waals surface area contributed by atoms with E-state index in [1.807, 2.05) is 31.2 Å². The van der Waals surface area contributed by atoms with Crippen molar-refractivity contribution in [2.75, 3.05) is 5.73 Å². The fourth-order valence-corrected chi connectivity index (χ4v) is 1.32. The Labute approximate surface area is 71.0 Å². The van der Waals surface area contributed by atoms with Gasteiger partial charge in [-0.2, -0.15) is 0 Å². The quantitative estimate of drug-likeness (QED) is 0.596. The molecule has 0 aliphatic rings. The standard InChI is InChI=1S/C10H10N2/c1-7-8-3-2-6-12-10(8)5-4-9(7)11/h2-6H,11H2,1H3. The molecule has 1 heterocycles. The lowest BCUT2D eigenvalue weighted by atomic mass is 10.1. The highest BCUT2D eigenvalue weighted by molar-refractivity contribution is 5.86. The SMILES string of the molecule is Cc1c(N)ccc2ncccc12. The maximum atomic E-state index is 5.76. The first-order valence-corrected chi connectivity index (χ1v) is 3.89. The van der Waals surface area contributed by atoms with Gasteiger partial charge in [0.2, 0.25) is 0 Å². The van der Waals surface area contributed by atoms with E-state index in [2.05, 4.69) is 4.98 Å². The van der Waals surface area contributed by atoms with Gasteiger partial charge in [0.25, 0.3) is 0 Å². The molecule has 2 heteroatoms. The lowest BCUT2D eigenvalue weighted by Crippen LogP contribution is -1.90. The number of rotatable bonds is 0. The van der Waals surface area contributed by atoms with E-state index < -0.39 is 0 Å². The third-order valence-corrected chi connectivity index (χ3v) is 2.10. The summed E-state index contributed by atoms with van der Waals surface area (Å²) in [5, 5.41) is 1.14. The fraction of sp³-hybridized carbons (Fsp3) is 0.100. The van der Waals surface area contributed by atoms with Gasteiger partial charge in [-0.25, -0.2) is 0 Å². The molecule has 2 aromatic rings. The molecule has 0 saturated carbocycles. The summed E-state index contributed by atoms with van der Waals surface area (Å²) in [7, 11) is 0. The zero-order valence-corrected chi connectivity index (χ0v) is 6.91. The third-order valence-electron chi connectivity index (χ3n) is 2.10. The van der Waals surface area contributed by atoms with Gasteiger partial charge in [0.05, 0.1) is 5.52 Å². The molecular formula is C10H10N2. The van der Waals surface area contributed by atoms with Crippen molar-refractivity contribution in [1.29, 1.82) is 0 Å². The number of anilines is 1. The second kappa shape index (κ2) is 2.48. The van der Waals surface area contributed by atoms with E-state index in [0.29, 0.717) is 0 Å². The number of fused-ring (bicyclic) bond motifs is 1. The summed E-state index contributed by atoms with van der Waals surface area (Å²) < 4.78 is 0. The molecule has 1 aromatic carbocycles. The molecular weight excluding hydrogens is 148 g/mol. The maximum absolute atomic E-state index is 5.76. The second-order valence-electron chi connectivity index (χ2n) is 2.85. The van der Waals surface area contributed by atoms with E-state index in [4.69, 9.17) is 5.73 Å². The summed E-state index contributed by atoms with van der Waals surface area (Å²) in [5.41, 5.74) is 8.70. The zero-order valence-electron chi connectivity index (χ0n) is 6.91.